The lowest BCUT2D eigenvalue weighted by Crippen LogP contribution is -2.71. The molecule has 58 heteroatoms. The zero-order valence-electron chi connectivity index (χ0n) is 71.3. The lowest BCUT2D eigenvalue weighted by atomic mass is 9.93. The average Bonchev–Trinajstić information content (AvgIpc) is 0.763. The van der Waals surface area contributed by atoms with E-state index >= 15 is 0 Å². The molecule has 11 fully saturated rings. The van der Waals surface area contributed by atoms with Gasteiger partial charge in [0.05, 0.1) is 71.7 Å². The van der Waals surface area contributed by atoms with Crippen LogP contribution in [-0.4, -0.2) is 569 Å². The number of nitrogens with one attached hydrogen (secondary N) is 4. The summed E-state index contributed by atoms with van der Waals surface area (Å²) in [6, 6.07) is -7.75. The van der Waals surface area contributed by atoms with Gasteiger partial charge in [0.15, 0.2) is 69.2 Å². The predicted molar refractivity (Wildman–Crippen MR) is 406 cm³/mol. The molecule has 55 atom stereocenters. The zero-order chi connectivity index (χ0) is 97.1. The fraction of sp³-hybridized carbons (Fsp3) is 0.946. The van der Waals surface area contributed by atoms with E-state index in [2.05, 4.69) is 21.3 Å². The molecule has 11 saturated heterocycles. The van der Waals surface area contributed by atoms with Gasteiger partial charge in [-0.25, -0.2) is 0 Å². The first-order valence-corrected chi connectivity index (χ1v) is 42.4. The van der Waals surface area contributed by atoms with Gasteiger partial charge in [-0.3, -0.25) is 19.2 Å². The van der Waals surface area contributed by atoms with Crippen LogP contribution >= 0.6 is 0 Å². The maximum atomic E-state index is 13.3. The lowest BCUT2D eigenvalue weighted by molar-refractivity contribution is -0.402. The van der Waals surface area contributed by atoms with Crippen molar-refractivity contribution < 1.29 is 267 Å². The molecule has 11 aliphatic heterocycles. The van der Waals surface area contributed by atoms with Gasteiger partial charge in [0.2, 0.25) is 23.6 Å². The third-order valence-corrected chi connectivity index (χ3v) is 24.5. The molecule has 0 aromatic rings. The van der Waals surface area contributed by atoms with E-state index in [1.54, 1.807) is 0 Å². The molecule has 0 bridgehead atoms. The van der Waals surface area contributed by atoms with Gasteiger partial charge in [0.25, 0.3) is 0 Å². The number of aliphatic hydroxyl groups is 29. The molecule has 0 saturated carbocycles. The van der Waals surface area contributed by atoms with Crippen molar-refractivity contribution in [2.24, 2.45) is 0 Å². The first-order valence-electron chi connectivity index (χ1n) is 42.4. The van der Waals surface area contributed by atoms with Gasteiger partial charge in [-0.2, -0.15) is 0 Å². The maximum Gasteiger partial charge on any atom is 0.217 e. The molecular weight excluding hydrogens is 1810 g/mol. The van der Waals surface area contributed by atoms with Crippen LogP contribution in [0, 0.1) is 0 Å². The van der Waals surface area contributed by atoms with Crippen LogP contribution in [0.4, 0.5) is 0 Å². The summed E-state index contributed by atoms with van der Waals surface area (Å²) in [5.74, 6) is -3.80. The zero-order valence-corrected chi connectivity index (χ0v) is 71.3. The highest BCUT2D eigenvalue weighted by atomic mass is 16.8. The van der Waals surface area contributed by atoms with Crippen LogP contribution in [-0.2, 0) is 119 Å². The van der Waals surface area contributed by atoms with Crippen molar-refractivity contribution in [3.63, 3.8) is 0 Å². The van der Waals surface area contributed by atoms with E-state index in [0.29, 0.717) is 0 Å². The molecule has 1 unspecified atom stereocenters. The van der Waals surface area contributed by atoms with E-state index in [4.69, 9.17) is 99.5 Å². The third kappa shape index (κ3) is 23.5. The molecule has 11 heterocycles. The van der Waals surface area contributed by atoms with E-state index in [1.165, 1.54) is 13.8 Å². The minimum Gasteiger partial charge on any atom is -0.394 e. The number of ether oxygens (including phenoxy) is 21. The number of carbonyl (C=O) groups is 4. The standard InChI is InChI=1S/C74H124N4O54/c1-16-35(91)46(102)52(108)68(113-16)131-62-50(106)39(95)23(8-80)117-72(62)126-57-28(13-85)121-66(33(44(57)100)77-20(5)89)129-60-48(104)37(93)22(7-79)116-71(60)112-15-30-41(97)59(54(110)70(123-30)125-56-27(12-84)120-65(32(43(56)99)76-19(4)88)124-55-26(11-83)115-64(111)31(42(55)98)75-18(3)87)128-74-61(49(105)38(94)25(10-82)119-74)130-67-34(78-21(6)90)45(101)58(29(14-86)122-67)127-73-63(51(107)40(96)24(9-81)118-73)132-69-53(109)47(103)36(92)17(2)114-69/h16-17,22-74,79-86,91-111H,7-15H2,1-6H3,(H,75,87)(H,76,88)(H,77,89)(H,78,90)/t16-,17-,22+,23+,24+,25+,26+,27+,28+,29+,30+,31+,32+,33+,34+,35+,36+,37+,38+,39-,40-,41+,42+,43+,44+,45+,46+,47+,48-,49-,50-,51-,52-,53-,54-,55+,56+,57+,58+,59-,60-,61-,62+,63+,64?,65-,66-,67-,68-,69-,70-,71-,72-,73-,74+/m0/s1. The first-order chi connectivity index (χ1) is 62.4. The van der Waals surface area contributed by atoms with Gasteiger partial charge in [-0.15, -0.1) is 0 Å². The van der Waals surface area contributed by atoms with Crippen LogP contribution in [0.1, 0.15) is 41.5 Å². The number of rotatable bonds is 33. The monoisotopic (exact) mass is 1930 g/mol. The van der Waals surface area contributed by atoms with Gasteiger partial charge in [-0.1, -0.05) is 0 Å². The summed E-state index contributed by atoms with van der Waals surface area (Å²) in [5.41, 5.74) is 0. The van der Waals surface area contributed by atoms with Crippen LogP contribution in [0.3, 0.4) is 0 Å². The minimum atomic E-state index is -2.65. The van der Waals surface area contributed by atoms with Crippen LogP contribution in [0.25, 0.3) is 0 Å². The Morgan fingerprint density at radius 3 is 0.765 bits per heavy atom. The van der Waals surface area contributed by atoms with Crippen molar-refractivity contribution in [3.8, 4) is 0 Å². The number of hydrogen-bond acceptors (Lipinski definition) is 54. The smallest absolute Gasteiger partial charge is 0.217 e. The molecule has 11 rings (SSSR count). The summed E-state index contributed by atoms with van der Waals surface area (Å²) in [6.07, 6.45) is -107. The molecule has 58 nitrogen and oxygen atoms in total. The van der Waals surface area contributed by atoms with Crippen molar-refractivity contribution in [2.45, 2.75) is 379 Å². The van der Waals surface area contributed by atoms with Gasteiger partial charge in [0, 0.05) is 27.7 Å². The molecule has 33 N–H and O–H groups in total. The van der Waals surface area contributed by atoms with Gasteiger partial charge >= 0.3 is 0 Å². The quantitative estimate of drug-likeness (QED) is 0.0290. The predicted octanol–water partition coefficient (Wildman–Crippen LogP) is -22.3. The molecule has 0 radical (unpaired) electrons. The van der Waals surface area contributed by atoms with E-state index in [9.17, 15) is 167 Å². The normalized spacial score (nSPS) is 50.4. The first kappa shape index (κ1) is 108. The molecule has 0 spiro atoms. The number of amides is 4. The second-order valence-electron chi connectivity index (χ2n) is 33.7. The van der Waals surface area contributed by atoms with Gasteiger partial charge in [-0.05, 0) is 13.8 Å². The SMILES string of the molecule is CC(=O)N[C@H]1[C@H](O[C@H]2[C@H](O)[C@@H](NC(C)=O)C(O)O[C@@H]2CO)O[C@H](CO)[C@@H](O[C@@H]2O[C@H](CO[C@H]3O[C@H](CO)[C@@H](O)[C@H](O)[C@@H]3O[C@@H]3O[C@H](CO)[C@@H](O[C@@H]4O[C@H](CO)[C@H](O)[C@H](O)[C@H]4O[C@@H]4O[C@@H](C)[C@@H](O)[C@@H](O)[C@@H]4O)[C@H](O)[C@H]3NC(C)=O)[C@@H](O)[C@H](O[C@H]3O[C@H](CO)[C@@H](O)[C@H](O)[C@@H]3O[C@@H]3O[C@H](CO)[C@@H](O[C@@H]4O[C@H](CO)[C@H](O)[C@H](O)[C@H]4O[C@@H]4O[C@@H](C)[C@@H](O)[C@@H](O)[C@@H]4O)[C@H](O)[C@H]3NC(C)=O)[C@@H]2O)[C@@H]1O. The van der Waals surface area contributed by atoms with E-state index in [-0.39, 0.29) is 0 Å². The Morgan fingerprint density at radius 2 is 0.447 bits per heavy atom. The summed E-state index contributed by atoms with van der Waals surface area (Å²) in [5, 5.41) is 336. The van der Waals surface area contributed by atoms with Gasteiger partial charge < -0.3 is 269 Å². The van der Waals surface area contributed by atoms with Crippen molar-refractivity contribution in [1.29, 1.82) is 0 Å². The Labute approximate surface area is 748 Å². The molecule has 0 aromatic heterocycles. The number of hydrogen-bond donors (Lipinski definition) is 33. The molecule has 11 aliphatic rings. The molecular formula is C74H124N4O54. The minimum absolute atomic E-state index is 0.810. The Balaban J connectivity index is 0.913. The van der Waals surface area contributed by atoms with Crippen molar-refractivity contribution in [2.75, 3.05) is 59.5 Å². The summed E-state index contributed by atoms with van der Waals surface area (Å²) in [7, 11) is 0. The van der Waals surface area contributed by atoms with E-state index < -0.39 is 421 Å². The van der Waals surface area contributed by atoms with Crippen LogP contribution in [0.2, 0.25) is 0 Å². The van der Waals surface area contributed by atoms with Crippen molar-refractivity contribution in [3.05, 3.63) is 0 Å². The maximum absolute atomic E-state index is 13.3. The molecule has 4 amide bonds. The van der Waals surface area contributed by atoms with Crippen LogP contribution < -0.4 is 21.3 Å². The number of carbonyl (C=O) groups excluding carboxylic acids is 4. The summed E-state index contributed by atoms with van der Waals surface area (Å²) < 4.78 is 126. The Morgan fingerprint density at radius 1 is 0.212 bits per heavy atom. The van der Waals surface area contributed by atoms with Crippen molar-refractivity contribution >= 4 is 23.6 Å². The summed E-state index contributed by atoms with van der Waals surface area (Å²) >= 11 is 0. The number of aliphatic hydroxyl groups excluding tert-OH is 29. The summed E-state index contributed by atoms with van der Waals surface area (Å²) in [6.45, 7) is -4.23. The Hall–Kier alpha value is -4.12. The molecule has 0 aromatic carbocycles. The second-order valence-corrected chi connectivity index (χ2v) is 33.7. The van der Waals surface area contributed by atoms with E-state index in [1.807, 2.05) is 0 Å². The fourth-order valence-corrected chi connectivity index (χ4v) is 17.3. The van der Waals surface area contributed by atoms with Crippen molar-refractivity contribution in [1.82, 2.24) is 21.3 Å². The topological polar surface area (TPSA) is 897 Å². The van der Waals surface area contributed by atoms with E-state index in [0.717, 1.165) is 27.7 Å². The highest BCUT2D eigenvalue weighted by Crippen LogP contribution is 2.42. The van der Waals surface area contributed by atoms with Crippen LogP contribution in [0.5, 0.6) is 0 Å². The lowest BCUT2D eigenvalue weighted by Gasteiger charge is -2.51. The molecule has 0 aliphatic carbocycles. The second kappa shape index (κ2) is 47.0. The Bertz CT molecular complexity index is 3610. The highest BCUT2D eigenvalue weighted by Gasteiger charge is 2.63. The third-order valence-electron chi connectivity index (χ3n) is 24.5. The van der Waals surface area contributed by atoms with Gasteiger partial charge in [0.1, 0.15) is 256 Å². The molecule has 764 valence electrons. The fourth-order valence-electron chi connectivity index (χ4n) is 17.3. The average molecular weight is 1930 g/mol. The largest absolute Gasteiger partial charge is 0.394 e. The highest BCUT2D eigenvalue weighted by molar-refractivity contribution is 5.74. The Kier molecular flexibility index (Phi) is 38.5. The van der Waals surface area contributed by atoms with Crippen LogP contribution in [0.15, 0.2) is 0 Å². The molecule has 132 heavy (non-hydrogen) atoms. The summed E-state index contributed by atoms with van der Waals surface area (Å²) in [4.78, 5) is 51.8.